The predicted octanol–water partition coefficient (Wildman–Crippen LogP) is 4.65. The van der Waals surface area contributed by atoms with E-state index in [0.29, 0.717) is 22.4 Å². The molecule has 0 saturated heterocycles. The number of carbonyl (C=O) groups is 1. The van der Waals surface area contributed by atoms with E-state index in [0.717, 1.165) is 22.9 Å². The number of aromatic amines is 1. The number of hydrogen-bond donors (Lipinski definition) is 2. The van der Waals surface area contributed by atoms with Gasteiger partial charge in [0.05, 0.1) is 11.4 Å². The zero-order valence-electron chi connectivity index (χ0n) is 14.7. The Morgan fingerprint density at radius 3 is 2.59 bits per heavy atom. The molecule has 0 aliphatic carbocycles. The summed E-state index contributed by atoms with van der Waals surface area (Å²) in [5.41, 5.74) is 2.16. The Morgan fingerprint density at radius 1 is 1.10 bits per heavy atom. The van der Waals surface area contributed by atoms with Crippen molar-refractivity contribution < 1.29 is 13.6 Å². The Hall–Kier alpha value is -3.17. The van der Waals surface area contributed by atoms with Crippen LogP contribution in [-0.4, -0.2) is 32.1 Å². The highest BCUT2D eigenvalue weighted by molar-refractivity contribution is 7.99. The molecule has 0 bridgehead atoms. The monoisotopic (exact) mass is 429 g/mol. The van der Waals surface area contributed by atoms with Crippen LogP contribution < -0.4 is 5.32 Å². The molecular formula is C19H13ClFN5O2S. The summed E-state index contributed by atoms with van der Waals surface area (Å²) in [6.07, 6.45) is 0. The van der Waals surface area contributed by atoms with Gasteiger partial charge in [0.15, 0.2) is 5.82 Å². The van der Waals surface area contributed by atoms with E-state index in [-0.39, 0.29) is 22.7 Å². The lowest BCUT2D eigenvalue weighted by molar-refractivity contribution is -0.113. The van der Waals surface area contributed by atoms with Crippen molar-refractivity contribution in [2.75, 3.05) is 11.1 Å². The average molecular weight is 430 g/mol. The van der Waals surface area contributed by atoms with Gasteiger partial charge in [-0.2, -0.15) is 5.10 Å². The van der Waals surface area contributed by atoms with Gasteiger partial charge < -0.3 is 9.73 Å². The molecule has 4 aromatic rings. The molecule has 0 unspecified atom stereocenters. The summed E-state index contributed by atoms with van der Waals surface area (Å²) in [7, 11) is 0. The van der Waals surface area contributed by atoms with E-state index in [1.807, 2.05) is 0 Å². The lowest BCUT2D eigenvalue weighted by Crippen LogP contribution is -2.14. The van der Waals surface area contributed by atoms with Crippen LogP contribution in [0.25, 0.3) is 22.7 Å². The van der Waals surface area contributed by atoms with E-state index in [1.165, 1.54) is 12.1 Å². The summed E-state index contributed by atoms with van der Waals surface area (Å²) >= 11 is 6.97. The molecule has 1 amide bonds. The van der Waals surface area contributed by atoms with Crippen molar-refractivity contribution >= 4 is 35.1 Å². The number of nitrogens with one attached hydrogen (secondary N) is 2. The number of benzene rings is 2. The van der Waals surface area contributed by atoms with Crippen LogP contribution in [0.1, 0.15) is 0 Å². The van der Waals surface area contributed by atoms with E-state index in [9.17, 15) is 9.18 Å². The topological polar surface area (TPSA) is 96.7 Å². The largest absolute Gasteiger partial charge is 0.411 e. The first-order valence-electron chi connectivity index (χ1n) is 8.40. The maximum absolute atomic E-state index is 13.0. The SMILES string of the molecule is O=C(CSc1nnc(-c2ccc(Cl)cc2)o1)Nc1cc(-c2ccc(F)cc2)[nH]n1. The van der Waals surface area contributed by atoms with Gasteiger partial charge >= 0.3 is 0 Å². The number of hydrogen-bond acceptors (Lipinski definition) is 6. The second kappa shape index (κ2) is 8.46. The lowest BCUT2D eigenvalue weighted by Gasteiger charge is -1.99. The lowest BCUT2D eigenvalue weighted by atomic mass is 10.1. The highest BCUT2D eigenvalue weighted by Crippen LogP contribution is 2.25. The Bertz CT molecular complexity index is 1130. The second-order valence-electron chi connectivity index (χ2n) is 5.89. The maximum Gasteiger partial charge on any atom is 0.277 e. The average Bonchev–Trinajstić information content (AvgIpc) is 3.37. The highest BCUT2D eigenvalue weighted by Gasteiger charge is 2.13. The van der Waals surface area contributed by atoms with Crippen LogP contribution in [0.3, 0.4) is 0 Å². The molecule has 0 atom stereocenters. The molecule has 0 radical (unpaired) electrons. The van der Waals surface area contributed by atoms with Crippen LogP contribution in [0.2, 0.25) is 5.02 Å². The van der Waals surface area contributed by atoms with Gasteiger partial charge in [0, 0.05) is 16.7 Å². The number of rotatable bonds is 6. The zero-order valence-corrected chi connectivity index (χ0v) is 16.3. The van der Waals surface area contributed by atoms with E-state index in [2.05, 4.69) is 25.7 Å². The predicted molar refractivity (Wildman–Crippen MR) is 108 cm³/mol. The number of aromatic nitrogens is 4. The minimum absolute atomic E-state index is 0.0704. The van der Waals surface area contributed by atoms with Gasteiger partial charge in [-0.3, -0.25) is 9.89 Å². The van der Waals surface area contributed by atoms with Crippen molar-refractivity contribution in [2.45, 2.75) is 5.22 Å². The fourth-order valence-electron chi connectivity index (χ4n) is 2.45. The zero-order chi connectivity index (χ0) is 20.2. The molecule has 2 aromatic heterocycles. The number of halogens is 2. The number of anilines is 1. The summed E-state index contributed by atoms with van der Waals surface area (Å²) in [5.74, 6) is 0.182. The normalized spacial score (nSPS) is 10.8. The Labute approximate surface area is 173 Å². The first-order chi connectivity index (χ1) is 14.1. The van der Waals surface area contributed by atoms with Crippen LogP contribution in [0.5, 0.6) is 0 Å². The molecular weight excluding hydrogens is 417 g/mol. The maximum atomic E-state index is 13.0. The van der Waals surface area contributed by atoms with Crippen LogP contribution in [0.15, 0.2) is 64.2 Å². The molecule has 29 heavy (non-hydrogen) atoms. The van der Waals surface area contributed by atoms with Crippen molar-refractivity contribution in [1.82, 2.24) is 20.4 Å². The number of nitrogens with zero attached hydrogens (tertiary/aromatic N) is 3. The summed E-state index contributed by atoms with van der Waals surface area (Å²) < 4.78 is 18.6. The molecule has 4 rings (SSSR count). The van der Waals surface area contributed by atoms with Gasteiger partial charge in [0.25, 0.3) is 5.22 Å². The molecule has 7 nitrogen and oxygen atoms in total. The fourth-order valence-corrected chi connectivity index (χ4v) is 3.14. The van der Waals surface area contributed by atoms with Crippen molar-refractivity contribution in [1.29, 1.82) is 0 Å². The number of carbonyl (C=O) groups excluding carboxylic acids is 1. The summed E-state index contributed by atoms with van der Waals surface area (Å²) in [6.45, 7) is 0. The molecule has 10 heteroatoms. The fraction of sp³-hybridized carbons (Fsp3) is 0.0526. The number of amides is 1. The van der Waals surface area contributed by atoms with E-state index in [1.54, 1.807) is 42.5 Å². The van der Waals surface area contributed by atoms with Gasteiger partial charge in [-0.15, -0.1) is 10.2 Å². The Morgan fingerprint density at radius 2 is 1.83 bits per heavy atom. The highest BCUT2D eigenvalue weighted by atomic mass is 35.5. The first-order valence-corrected chi connectivity index (χ1v) is 9.76. The Kier molecular flexibility index (Phi) is 5.59. The number of thioether (sulfide) groups is 1. The Balaban J connectivity index is 1.33. The molecule has 146 valence electrons. The van der Waals surface area contributed by atoms with Crippen LogP contribution in [0, 0.1) is 5.82 Å². The summed E-state index contributed by atoms with van der Waals surface area (Å²) in [4.78, 5) is 12.2. The van der Waals surface area contributed by atoms with Gasteiger partial charge in [-0.1, -0.05) is 23.4 Å². The van der Waals surface area contributed by atoms with Gasteiger partial charge in [-0.05, 0) is 54.1 Å². The standard InChI is InChI=1S/C19H13ClFN5O2S/c20-13-5-1-12(2-6-13)18-25-26-19(28-18)29-10-17(27)22-16-9-15(23-24-16)11-3-7-14(21)8-4-11/h1-9H,10H2,(H2,22,23,24,27). The van der Waals surface area contributed by atoms with Gasteiger partial charge in [-0.25, -0.2) is 4.39 Å². The minimum Gasteiger partial charge on any atom is -0.411 e. The smallest absolute Gasteiger partial charge is 0.277 e. The first kappa shape index (κ1) is 19.2. The van der Waals surface area contributed by atoms with Crippen LogP contribution in [0.4, 0.5) is 10.2 Å². The van der Waals surface area contributed by atoms with Crippen molar-refractivity contribution in [3.63, 3.8) is 0 Å². The van der Waals surface area contributed by atoms with Crippen LogP contribution in [-0.2, 0) is 4.79 Å². The van der Waals surface area contributed by atoms with Crippen LogP contribution >= 0.6 is 23.4 Å². The molecule has 2 N–H and O–H groups in total. The summed E-state index contributed by atoms with van der Waals surface area (Å²) in [6, 6.07) is 14.6. The van der Waals surface area contributed by atoms with Crippen molar-refractivity contribution in [3.8, 4) is 22.7 Å². The molecule has 0 spiro atoms. The van der Waals surface area contributed by atoms with Crippen molar-refractivity contribution in [3.05, 3.63) is 65.4 Å². The molecule has 2 aromatic carbocycles. The van der Waals surface area contributed by atoms with E-state index in [4.69, 9.17) is 16.0 Å². The quantitative estimate of drug-likeness (QED) is 0.433. The van der Waals surface area contributed by atoms with Crippen molar-refractivity contribution in [2.24, 2.45) is 0 Å². The third-order valence-corrected chi connectivity index (χ3v) is 4.90. The number of H-pyrrole nitrogens is 1. The molecule has 0 saturated carbocycles. The minimum atomic E-state index is -0.320. The molecule has 0 aliphatic heterocycles. The van der Waals surface area contributed by atoms with Gasteiger partial charge in [0.1, 0.15) is 5.82 Å². The second-order valence-corrected chi connectivity index (χ2v) is 7.25. The third kappa shape index (κ3) is 4.82. The molecule has 0 aliphatic rings. The van der Waals surface area contributed by atoms with E-state index >= 15 is 0 Å². The van der Waals surface area contributed by atoms with E-state index < -0.39 is 0 Å². The summed E-state index contributed by atoms with van der Waals surface area (Å²) in [5, 5.41) is 18.3. The third-order valence-electron chi connectivity index (χ3n) is 3.82. The molecule has 0 fully saturated rings. The van der Waals surface area contributed by atoms with Gasteiger partial charge in [0.2, 0.25) is 11.8 Å². The molecule has 2 heterocycles.